The monoisotopic (exact) mass is 1600 g/mol. The Morgan fingerprint density at radius 2 is 0.746 bits per heavy atom. The third-order valence-electron chi connectivity index (χ3n) is 23.4. The van der Waals surface area contributed by atoms with Crippen LogP contribution in [0.3, 0.4) is 0 Å². The van der Waals surface area contributed by atoms with E-state index in [9.17, 15) is 8.78 Å². The van der Waals surface area contributed by atoms with Crippen molar-refractivity contribution in [2.45, 2.75) is 114 Å². The third kappa shape index (κ3) is 15.3. The molecule has 0 N–H and O–H groups in total. The lowest BCUT2D eigenvalue weighted by Crippen LogP contribution is -2.52. The highest BCUT2D eigenvalue weighted by molar-refractivity contribution is 5.98. The summed E-state index contributed by atoms with van der Waals surface area (Å²) >= 11 is 0. The molecule has 0 spiro atoms. The number of hydrogen-bond acceptors (Lipinski definition) is 18. The SMILES string of the molecule is CC(C)N1C(=O)N(c2ccc(N3CCN(c4ccc(OC[C@H]5OC[C@](Cn6cncn6)(c6ccc(F)cc6F)O5)cc4)CC3)cc2)C(Oc2ccccc2)C1(C)c1ccc(C2(C)C(Oc3ccccc3)N(c3ccc(N4CCN(c5ccc(OC[C@H]6OC[C@](Cn7cncn7)(c7ccc(F)cc7F)O6)cc5)CC4)cc3)C(=O)N2C(C)C)cc1. The first kappa shape index (κ1) is 78.3. The maximum atomic E-state index is 15.5. The largest absolute Gasteiger partial charge is 0.488 e. The van der Waals surface area contributed by atoms with Gasteiger partial charge >= 0.3 is 12.1 Å². The molecule has 2 aromatic heterocycles. The number of benzene rings is 9. The Morgan fingerprint density at radius 3 is 1.06 bits per heavy atom. The number of ether oxygens (including phenoxy) is 8. The summed E-state index contributed by atoms with van der Waals surface area (Å²) < 4.78 is 113. The Kier molecular flexibility index (Phi) is 21.7. The van der Waals surface area contributed by atoms with E-state index in [1.165, 1.54) is 58.9 Å². The molecule has 6 aliphatic rings. The molecule has 11 aromatic rings. The van der Waals surface area contributed by atoms with Crippen molar-refractivity contribution < 1.29 is 65.0 Å². The number of rotatable bonds is 26. The molecule has 4 unspecified atom stereocenters. The average Bonchev–Trinajstić information content (AvgIpc) is 1.55. The second kappa shape index (κ2) is 32.7. The minimum absolute atomic E-state index is 0.0121. The molecule has 0 aliphatic carbocycles. The van der Waals surface area contributed by atoms with E-state index in [2.05, 4.69) is 102 Å². The van der Waals surface area contributed by atoms with Gasteiger partial charge in [-0.2, -0.15) is 10.2 Å². The van der Waals surface area contributed by atoms with Gasteiger partial charge in [-0.3, -0.25) is 9.80 Å². The number of amides is 4. The zero-order chi connectivity index (χ0) is 81.5. The lowest BCUT2D eigenvalue weighted by Gasteiger charge is -2.42. The van der Waals surface area contributed by atoms with Gasteiger partial charge in [-0.25, -0.2) is 46.5 Å². The van der Waals surface area contributed by atoms with Gasteiger partial charge in [0.15, 0.2) is 12.6 Å². The topological polar surface area (TPSA) is 195 Å². The highest BCUT2D eigenvalue weighted by Gasteiger charge is 2.61. The number of aromatic nitrogens is 6. The average molecular weight is 1610 g/mol. The van der Waals surface area contributed by atoms with Crippen molar-refractivity contribution in [2.24, 2.45) is 0 Å². The molecule has 6 fully saturated rings. The second-order valence-electron chi connectivity index (χ2n) is 31.4. The van der Waals surface area contributed by atoms with Crippen molar-refractivity contribution in [3.63, 3.8) is 0 Å². The van der Waals surface area contributed by atoms with Gasteiger partial charge in [0.2, 0.25) is 12.5 Å². The zero-order valence-corrected chi connectivity index (χ0v) is 66.3. The Bertz CT molecular complexity index is 4950. The molecule has 118 heavy (non-hydrogen) atoms. The quantitative estimate of drug-likeness (QED) is 0.0464. The normalized spacial score (nSPS) is 23.5. The molecule has 9 aromatic carbocycles. The fourth-order valence-corrected chi connectivity index (χ4v) is 17.6. The van der Waals surface area contributed by atoms with Crippen LogP contribution in [0, 0.1) is 23.3 Å². The van der Waals surface area contributed by atoms with Gasteiger partial charge in [-0.15, -0.1) is 0 Å². The van der Waals surface area contributed by atoms with Crippen molar-refractivity contribution in [1.29, 1.82) is 0 Å². The van der Waals surface area contributed by atoms with Gasteiger partial charge in [0.25, 0.3) is 0 Å². The Labute approximate surface area is 681 Å². The fraction of sp³-hybridized carbons (Fsp3) is 0.333. The van der Waals surface area contributed by atoms with Gasteiger partial charge in [-0.1, -0.05) is 72.8 Å². The van der Waals surface area contributed by atoms with Crippen molar-refractivity contribution in [2.75, 3.05) is 108 Å². The minimum atomic E-state index is -1.29. The predicted octanol–water partition coefficient (Wildman–Crippen LogP) is 14.7. The van der Waals surface area contributed by atoms with E-state index in [-0.39, 0.29) is 74.8 Å². The molecule has 4 amide bonds. The van der Waals surface area contributed by atoms with E-state index in [1.54, 1.807) is 9.80 Å². The van der Waals surface area contributed by atoms with Crippen LogP contribution in [-0.4, -0.2) is 167 Å². The number of carbonyl (C=O) groups excluding carboxylic acids is 2. The van der Waals surface area contributed by atoms with E-state index in [0.717, 1.165) is 98.4 Å². The van der Waals surface area contributed by atoms with E-state index in [0.29, 0.717) is 34.4 Å². The van der Waals surface area contributed by atoms with Gasteiger partial charge in [-0.05, 0) is 186 Å². The van der Waals surface area contributed by atoms with Crippen molar-refractivity contribution >= 4 is 46.2 Å². The molecular formula is C90H92F4N14O10. The van der Waals surface area contributed by atoms with Crippen molar-refractivity contribution in [3.05, 3.63) is 289 Å². The smallest absolute Gasteiger partial charge is 0.328 e. The standard InChI is InChI=1S/C90H92F4N14O10/c1-61(2)107-85(109)105(71-27-23-67(24-28-71)99-41-45-101(46-42-99)69-31-35-73(36-32-69)111-51-81-113-55-89(117-81,53-103-59-95-57-97-103)77-39-21-65(91)49-79(77)93)83(115-75-13-9-7-10-14-75)87(107,5)63-17-19-64(20-18-63)88(6)84(116-76-15-11-8-12-16-76)106(86(110)108(88)62(3)4)72-29-25-68(26-30-72)100-43-47-102(48-44-100)70-33-37-74(38-34-70)112-52-82-114-56-90(118-82,54-104-60-96-58-98-104)78-40-22-66(92)50-80(78)94/h7-40,49-50,57-62,81-84H,41-48,51-56H2,1-6H3/t81-,82-,83?,84?,87?,88?,89+,90+/m0/s1. The lowest BCUT2D eigenvalue weighted by atomic mass is 9.83. The lowest BCUT2D eigenvalue weighted by molar-refractivity contribution is -0.117. The van der Waals surface area contributed by atoms with Crippen LogP contribution in [0.15, 0.2) is 244 Å². The summed E-state index contributed by atoms with van der Waals surface area (Å²) in [4.78, 5) is 55.9. The van der Waals surface area contributed by atoms with Crippen LogP contribution in [0.1, 0.15) is 63.8 Å². The van der Waals surface area contributed by atoms with E-state index in [1.807, 2.05) is 171 Å². The van der Waals surface area contributed by atoms with Gasteiger partial charge in [0, 0.05) is 122 Å². The summed E-state index contributed by atoms with van der Waals surface area (Å²) in [6.45, 7) is 18.4. The van der Waals surface area contributed by atoms with Gasteiger partial charge in [0.1, 0.15) is 107 Å². The van der Waals surface area contributed by atoms with Crippen LogP contribution >= 0.6 is 0 Å². The Morgan fingerprint density at radius 1 is 0.415 bits per heavy atom. The fourth-order valence-electron chi connectivity index (χ4n) is 17.6. The molecule has 17 rings (SSSR count). The van der Waals surface area contributed by atoms with Crippen molar-refractivity contribution in [1.82, 2.24) is 39.3 Å². The number of urea groups is 2. The Hall–Kier alpha value is -12.2. The summed E-state index contributed by atoms with van der Waals surface area (Å²) in [6, 6.07) is 65.3. The highest BCUT2D eigenvalue weighted by Crippen LogP contribution is 2.50. The van der Waals surface area contributed by atoms with Gasteiger partial charge in [0.05, 0.1) is 26.3 Å². The van der Waals surface area contributed by atoms with E-state index in [4.69, 9.17) is 37.9 Å². The van der Waals surface area contributed by atoms with Crippen LogP contribution in [0.2, 0.25) is 0 Å². The molecule has 0 bridgehead atoms. The number of para-hydroxylation sites is 2. The number of hydrogen-bond donors (Lipinski definition) is 0. The maximum Gasteiger partial charge on any atom is 0.328 e. The Balaban J connectivity index is 0.555. The maximum absolute atomic E-state index is 15.5. The predicted molar refractivity (Wildman–Crippen MR) is 436 cm³/mol. The number of carbonyl (C=O) groups is 2. The van der Waals surface area contributed by atoms with Crippen LogP contribution in [0.5, 0.6) is 23.0 Å². The first-order chi connectivity index (χ1) is 57.2. The minimum Gasteiger partial charge on any atom is -0.488 e. The van der Waals surface area contributed by atoms with E-state index < -0.39 is 70.6 Å². The molecule has 610 valence electrons. The van der Waals surface area contributed by atoms with Crippen LogP contribution in [-0.2, 0) is 54.3 Å². The van der Waals surface area contributed by atoms with Crippen LogP contribution in [0.4, 0.5) is 61.3 Å². The third-order valence-corrected chi connectivity index (χ3v) is 23.4. The molecule has 8 heterocycles. The molecule has 6 aliphatic heterocycles. The number of piperazine rings is 2. The molecule has 24 nitrogen and oxygen atoms in total. The molecule has 28 heteroatoms. The summed E-state index contributed by atoms with van der Waals surface area (Å²) in [5.41, 5.74) is 2.67. The van der Waals surface area contributed by atoms with E-state index >= 15 is 18.4 Å². The number of nitrogens with zero attached hydrogens (tertiary/aromatic N) is 14. The number of halogens is 4. The number of anilines is 6. The molecule has 0 radical (unpaired) electrons. The first-order valence-electron chi connectivity index (χ1n) is 39.8. The molecule has 6 saturated heterocycles. The summed E-state index contributed by atoms with van der Waals surface area (Å²) in [7, 11) is 0. The first-order valence-corrected chi connectivity index (χ1v) is 39.8. The summed E-state index contributed by atoms with van der Waals surface area (Å²) in [5.74, 6) is -0.488. The molecule has 0 saturated carbocycles. The van der Waals surface area contributed by atoms with Crippen LogP contribution < -0.4 is 48.3 Å². The summed E-state index contributed by atoms with van der Waals surface area (Å²) in [6.07, 6.45) is 2.35. The summed E-state index contributed by atoms with van der Waals surface area (Å²) in [5, 5.41) is 8.37. The highest BCUT2D eigenvalue weighted by atomic mass is 19.1. The molecular weight excluding hydrogens is 1510 g/mol. The van der Waals surface area contributed by atoms with Gasteiger partial charge < -0.3 is 67.3 Å². The van der Waals surface area contributed by atoms with Crippen molar-refractivity contribution in [3.8, 4) is 23.0 Å². The second-order valence-corrected chi connectivity index (χ2v) is 31.4. The molecule has 8 atom stereocenters. The van der Waals surface area contributed by atoms with Crippen LogP contribution in [0.25, 0.3) is 0 Å². The zero-order valence-electron chi connectivity index (χ0n) is 66.3.